The van der Waals surface area contributed by atoms with Crippen LogP contribution in [0.15, 0.2) is 12.5 Å². The number of carbonyl (C=O) groups excluding carboxylic acids is 1. The zero-order valence-corrected chi connectivity index (χ0v) is 8.28. The summed E-state index contributed by atoms with van der Waals surface area (Å²) in [6.07, 6.45) is 3.78. The topological polar surface area (TPSA) is 44.1 Å². The van der Waals surface area contributed by atoms with Crippen molar-refractivity contribution >= 4 is 17.6 Å². The zero-order valence-electron chi connectivity index (χ0n) is 7.53. The maximum absolute atomic E-state index is 11.0. The molecule has 5 heteroatoms. The Hall–Kier alpha value is -1.03. The van der Waals surface area contributed by atoms with Gasteiger partial charge in [-0.25, -0.2) is 4.98 Å². The predicted molar refractivity (Wildman–Crippen MR) is 48.6 cm³/mol. The minimum absolute atomic E-state index is 0.414. The van der Waals surface area contributed by atoms with Gasteiger partial charge in [0.15, 0.2) is 0 Å². The molecule has 0 amide bonds. The molecule has 13 heavy (non-hydrogen) atoms. The van der Waals surface area contributed by atoms with Gasteiger partial charge in [0.1, 0.15) is 5.38 Å². The highest BCUT2D eigenvalue weighted by molar-refractivity contribution is 6.29. The van der Waals surface area contributed by atoms with Gasteiger partial charge in [0, 0.05) is 25.4 Å². The quantitative estimate of drug-likeness (QED) is 0.537. The molecule has 0 bridgehead atoms. The van der Waals surface area contributed by atoms with Gasteiger partial charge in [-0.1, -0.05) is 0 Å². The SMILES string of the molecule is COC(=O)[C@@H](Cl)Cc1cncn1C. The van der Waals surface area contributed by atoms with Crippen molar-refractivity contribution in [2.75, 3.05) is 7.11 Å². The van der Waals surface area contributed by atoms with Gasteiger partial charge in [-0.3, -0.25) is 4.79 Å². The summed E-state index contributed by atoms with van der Waals surface area (Å²) in [5, 5.41) is -0.639. The van der Waals surface area contributed by atoms with Crippen molar-refractivity contribution in [3.05, 3.63) is 18.2 Å². The van der Waals surface area contributed by atoms with Crippen LogP contribution in [0.2, 0.25) is 0 Å². The number of methoxy groups -OCH3 is 1. The highest BCUT2D eigenvalue weighted by Crippen LogP contribution is 2.08. The molecule has 1 aromatic heterocycles. The summed E-state index contributed by atoms with van der Waals surface area (Å²) in [6.45, 7) is 0. The van der Waals surface area contributed by atoms with E-state index < -0.39 is 11.3 Å². The molecule has 0 aliphatic carbocycles. The molecule has 4 nitrogen and oxygen atoms in total. The summed E-state index contributed by atoms with van der Waals surface area (Å²) in [7, 11) is 3.17. The number of esters is 1. The van der Waals surface area contributed by atoms with Crippen molar-refractivity contribution in [2.45, 2.75) is 11.8 Å². The number of ether oxygens (including phenoxy) is 1. The van der Waals surface area contributed by atoms with Gasteiger partial charge < -0.3 is 9.30 Å². The maximum Gasteiger partial charge on any atom is 0.324 e. The molecule has 0 aliphatic rings. The summed E-state index contributed by atoms with van der Waals surface area (Å²) in [5.74, 6) is -0.414. The number of nitrogens with zero attached hydrogens (tertiary/aromatic N) is 2. The molecule has 0 unspecified atom stereocenters. The molecule has 0 aliphatic heterocycles. The average molecular weight is 203 g/mol. The third-order valence-electron chi connectivity index (χ3n) is 1.76. The lowest BCUT2D eigenvalue weighted by Crippen LogP contribution is -2.19. The molecular weight excluding hydrogens is 192 g/mol. The van der Waals surface area contributed by atoms with E-state index in [1.165, 1.54) is 7.11 Å². The summed E-state index contributed by atoms with van der Waals surface area (Å²) >= 11 is 5.78. The highest BCUT2D eigenvalue weighted by Gasteiger charge is 2.17. The van der Waals surface area contributed by atoms with Gasteiger partial charge in [0.25, 0.3) is 0 Å². The molecule has 1 atom stereocenters. The fourth-order valence-corrected chi connectivity index (χ4v) is 1.22. The number of hydrogen-bond donors (Lipinski definition) is 0. The van der Waals surface area contributed by atoms with Crippen LogP contribution in [-0.2, 0) is 23.0 Å². The van der Waals surface area contributed by atoms with E-state index in [0.717, 1.165) is 5.69 Å². The number of carbonyl (C=O) groups is 1. The van der Waals surface area contributed by atoms with E-state index in [2.05, 4.69) is 9.72 Å². The van der Waals surface area contributed by atoms with Crippen molar-refractivity contribution < 1.29 is 9.53 Å². The van der Waals surface area contributed by atoms with Crippen LogP contribution in [0.3, 0.4) is 0 Å². The smallest absolute Gasteiger partial charge is 0.324 e. The average Bonchev–Trinajstić information content (AvgIpc) is 2.50. The number of hydrogen-bond acceptors (Lipinski definition) is 3. The van der Waals surface area contributed by atoms with Crippen LogP contribution in [0.25, 0.3) is 0 Å². The lowest BCUT2D eigenvalue weighted by Gasteiger charge is -2.06. The van der Waals surface area contributed by atoms with E-state index in [0.29, 0.717) is 6.42 Å². The van der Waals surface area contributed by atoms with Crippen LogP contribution in [-0.4, -0.2) is 28.0 Å². The van der Waals surface area contributed by atoms with Gasteiger partial charge in [0.05, 0.1) is 13.4 Å². The zero-order chi connectivity index (χ0) is 9.84. The lowest BCUT2D eigenvalue weighted by molar-refractivity contribution is -0.140. The van der Waals surface area contributed by atoms with E-state index >= 15 is 0 Å². The van der Waals surface area contributed by atoms with Crippen LogP contribution in [0, 0.1) is 0 Å². The molecule has 1 heterocycles. The van der Waals surface area contributed by atoms with Crippen LogP contribution >= 0.6 is 11.6 Å². The second-order valence-electron chi connectivity index (χ2n) is 2.69. The first-order valence-corrected chi connectivity index (χ1v) is 4.26. The molecular formula is C8H11ClN2O2. The molecule has 0 spiro atoms. The molecule has 1 aromatic rings. The number of imidazole rings is 1. The molecule has 0 saturated carbocycles. The summed E-state index contributed by atoms with van der Waals surface area (Å²) in [6, 6.07) is 0. The molecule has 72 valence electrons. The minimum Gasteiger partial charge on any atom is -0.468 e. The fraction of sp³-hybridized carbons (Fsp3) is 0.500. The van der Waals surface area contributed by atoms with Crippen LogP contribution in [0.1, 0.15) is 5.69 Å². The maximum atomic E-state index is 11.0. The summed E-state index contributed by atoms with van der Waals surface area (Å²) < 4.78 is 6.32. The van der Waals surface area contributed by atoms with Gasteiger partial charge in [-0.05, 0) is 0 Å². The van der Waals surface area contributed by atoms with Crippen molar-refractivity contribution in [1.29, 1.82) is 0 Å². The largest absolute Gasteiger partial charge is 0.468 e. The third-order valence-corrected chi connectivity index (χ3v) is 2.09. The first kappa shape index (κ1) is 10.1. The molecule has 0 radical (unpaired) electrons. The molecule has 0 fully saturated rings. The number of halogens is 1. The van der Waals surface area contributed by atoms with E-state index in [4.69, 9.17) is 11.6 Å². The number of alkyl halides is 1. The van der Waals surface area contributed by atoms with Crippen molar-refractivity contribution in [2.24, 2.45) is 7.05 Å². The number of rotatable bonds is 3. The Kier molecular flexibility index (Phi) is 3.31. The monoisotopic (exact) mass is 202 g/mol. The predicted octanol–water partition coefficient (Wildman–Crippen LogP) is 0.743. The highest BCUT2D eigenvalue weighted by atomic mass is 35.5. The van der Waals surface area contributed by atoms with Crippen molar-refractivity contribution in [3.63, 3.8) is 0 Å². The molecule has 0 N–H and O–H groups in total. The number of aryl methyl sites for hydroxylation is 1. The van der Waals surface area contributed by atoms with E-state index in [-0.39, 0.29) is 0 Å². The first-order chi connectivity index (χ1) is 6.15. The van der Waals surface area contributed by atoms with Gasteiger partial charge >= 0.3 is 5.97 Å². The minimum atomic E-state index is -0.639. The van der Waals surface area contributed by atoms with Crippen molar-refractivity contribution in [3.8, 4) is 0 Å². The van der Waals surface area contributed by atoms with Gasteiger partial charge in [0.2, 0.25) is 0 Å². The standard InChI is InChI=1S/C8H11ClN2O2/c1-11-5-10-4-6(11)3-7(9)8(12)13-2/h4-5,7H,3H2,1-2H3/t7-/m0/s1. The Morgan fingerprint density at radius 2 is 2.54 bits per heavy atom. The van der Waals surface area contributed by atoms with Gasteiger partial charge in [-0.2, -0.15) is 0 Å². The van der Waals surface area contributed by atoms with E-state index in [1.54, 1.807) is 12.5 Å². The molecule has 0 saturated heterocycles. The second-order valence-corrected chi connectivity index (χ2v) is 3.22. The second kappa shape index (κ2) is 4.28. The van der Waals surface area contributed by atoms with Gasteiger partial charge in [-0.15, -0.1) is 11.6 Å². The van der Waals surface area contributed by atoms with E-state index in [1.807, 2.05) is 11.6 Å². The summed E-state index contributed by atoms with van der Waals surface area (Å²) in [4.78, 5) is 14.9. The Morgan fingerprint density at radius 1 is 1.85 bits per heavy atom. The summed E-state index contributed by atoms with van der Waals surface area (Å²) in [5.41, 5.74) is 0.908. The third kappa shape index (κ3) is 2.45. The van der Waals surface area contributed by atoms with Crippen LogP contribution in [0.5, 0.6) is 0 Å². The fourth-order valence-electron chi connectivity index (χ4n) is 0.976. The van der Waals surface area contributed by atoms with Crippen LogP contribution < -0.4 is 0 Å². The number of aromatic nitrogens is 2. The Balaban J connectivity index is 2.59. The first-order valence-electron chi connectivity index (χ1n) is 3.82. The Bertz CT molecular complexity index is 298. The van der Waals surface area contributed by atoms with Crippen molar-refractivity contribution in [1.82, 2.24) is 9.55 Å². The normalized spacial score (nSPS) is 12.5. The Morgan fingerprint density at radius 3 is 3.00 bits per heavy atom. The molecule has 0 aromatic carbocycles. The van der Waals surface area contributed by atoms with Crippen LogP contribution in [0.4, 0.5) is 0 Å². The molecule has 1 rings (SSSR count). The lowest BCUT2D eigenvalue weighted by atomic mass is 10.2. The Labute approximate surface area is 81.5 Å². The van der Waals surface area contributed by atoms with E-state index in [9.17, 15) is 4.79 Å².